The van der Waals surface area contributed by atoms with Crippen LogP contribution in [0.15, 0.2) is 48.5 Å². The molecule has 0 aliphatic rings. The predicted octanol–water partition coefficient (Wildman–Crippen LogP) is 3.19. The van der Waals surface area contributed by atoms with Crippen LogP contribution in [0.4, 0.5) is 8.78 Å². The standard InChI is InChI=1S/C14H14F2P/c1-17(2,13-9-5-3-7-11(13)15)14-10-6-4-8-12(14)16/h3-10H,1-2H3/q+1. The first kappa shape index (κ1) is 12.2. The van der Waals surface area contributed by atoms with Gasteiger partial charge in [0.05, 0.1) is 20.6 Å². The molecule has 2 rings (SSSR count). The Morgan fingerprint density at radius 3 is 1.41 bits per heavy atom. The second kappa shape index (κ2) is 4.54. The number of halogens is 2. The number of hydrogen-bond donors (Lipinski definition) is 0. The van der Waals surface area contributed by atoms with Crippen molar-refractivity contribution in [3.05, 3.63) is 60.2 Å². The first-order chi connectivity index (χ1) is 8.03. The molecule has 0 aliphatic heterocycles. The molecule has 88 valence electrons. The molecule has 0 atom stereocenters. The lowest BCUT2D eigenvalue weighted by Crippen LogP contribution is -2.25. The molecule has 0 spiro atoms. The summed E-state index contributed by atoms with van der Waals surface area (Å²) >= 11 is 0. The lowest BCUT2D eigenvalue weighted by molar-refractivity contribution is 0.634. The third-order valence-corrected chi connectivity index (χ3v) is 6.04. The molecule has 0 amide bonds. The molecule has 0 saturated carbocycles. The average Bonchev–Trinajstić information content (AvgIpc) is 2.29. The Morgan fingerprint density at radius 1 is 0.706 bits per heavy atom. The van der Waals surface area contributed by atoms with Crippen molar-refractivity contribution >= 4 is 17.9 Å². The smallest absolute Gasteiger partial charge is 0.165 e. The molecule has 3 heteroatoms. The third kappa shape index (κ3) is 2.23. The molecular formula is C14H14F2P+. The second-order valence-corrected chi connectivity index (χ2v) is 8.23. The molecule has 0 bridgehead atoms. The van der Waals surface area contributed by atoms with Crippen molar-refractivity contribution in [2.45, 2.75) is 0 Å². The van der Waals surface area contributed by atoms with E-state index < -0.39 is 7.26 Å². The van der Waals surface area contributed by atoms with Gasteiger partial charge in [-0.15, -0.1) is 0 Å². The lowest BCUT2D eigenvalue weighted by atomic mass is 10.3. The van der Waals surface area contributed by atoms with E-state index in [0.717, 1.165) is 0 Å². The molecule has 2 aromatic rings. The summed E-state index contributed by atoms with van der Waals surface area (Å²) in [7, 11) is -1.97. The van der Waals surface area contributed by atoms with Gasteiger partial charge in [-0.2, -0.15) is 0 Å². The Bertz CT molecular complexity index is 488. The third-order valence-electron chi connectivity index (χ3n) is 2.91. The first-order valence-corrected chi connectivity index (χ1v) is 8.06. The number of hydrogen-bond acceptors (Lipinski definition) is 0. The molecule has 0 nitrogen and oxygen atoms in total. The van der Waals surface area contributed by atoms with Crippen molar-refractivity contribution < 1.29 is 8.78 Å². The molecular weight excluding hydrogens is 237 g/mol. The molecule has 0 radical (unpaired) electrons. The quantitative estimate of drug-likeness (QED) is 0.719. The Balaban J connectivity index is 2.58. The van der Waals surface area contributed by atoms with Gasteiger partial charge in [-0.05, 0) is 24.3 Å². The van der Waals surface area contributed by atoms with Crippen molar-refractivity contribution in [2.75, 3.05) is 13.3 Å². The van der Waals surface area contributed by atoms with Crippen LogP contribution < -0.4 is 10.6 Å². The summed E-state index contributed by atoms with van der Waals surface area (Å²) < 4.78 is 27.6. The van der Waals surface area contributed by atoms with Gasteiger partial charge in [0.25, 0.3) is 0 Å². The van der Waals surface area contributed by atoms with Crippen LogP contribution in [0.1, 0.15) is 0 Å². The largest absolute Gasteiger partial charge is 0.203 e. The van der Waals surface area contributed by atoms with Crippen LogP contribution in [0, 0.1) is 11.6 Å². The van der Waals surface area contributed by atoms with Crippen LogP contribution in [0.2, 0.25) is 0 Å². The fourth-order valence-electron chi connectivity index (χ4n) is 1.94. The van der Waals surface area contributed by atoms with Crippen LogP contribution in [-0.2, 0) is 0 Å². The fraction of sp³-hybridized carbons (Fsp3) is 0.143. The molecule has 0 N–H and O–H groups in total. The Morgan fingerprint density at radius 2 is 1.06 bits per heavy atom. The Hall–Kier alpha value is -1.27. The summed E-state index contributed by atoms with van der Waals surface area (Å²) in [5, 5.41) is 1.23. The number of benzene rings is 2. The van der Waals surface area contributed by atoms with Gasteiger partial charge in [-0.1, -0.05) is 24.3 Å². The predicted molar refractivity (Wildman–Crippen MR) is 70.8 cm³/mol. The minimum Gasteiger partial charge on any atom is -0.203 e. The summed E-state index contributed by atoms with van der Waals surface area (Å²) in [5.74, 6) is -0.511. The molecule has 0 aliphatic carbocycles. The highest BCUT2D eigenvalue weighted by atomic mass is 31.2. The minimum atomic E-state index is -1.97. The van der Waals surface area contributed by atoms with E-state index >= 15 is 0 Å². The van der Waals surface area contributed by atoms with Crippen molar-refractivity contribution in [3.8, 4) is 0 Å². The maximum absolute atomic E-state index is 13.8. The van der Waals surface area contributed by atoms with Gasteiger partial charge < -0.3 is 0 Å². The van der Waals surface area contributed by atoms with Crippen molar-refractivity contribution in [1.29, 1.82) is 0 Å². The van der Waals surface area contributed by atoms with Crippen LogP contribution in [0.5, 0.6) is 0 Å². The van der Waals surface area contributed by atoms with E-state index in [1.54, 1.807) is 36.4 Å². The summed E-state index contributed by atoms with van der Waals surface area (Å²) in [6, 6.07) is 13.2. The highest BCUT2D eigenvalue weighted by Crippen LogP contribution is 2.49. The van der Waals surface area contributed by atoms with Gasteiger partial charge in [-0.25, -0.2) is 8.78 Å². The Kier molecular flexibility index (Phi) is 3.26. The van der Waals surface area contributed by atoms with E-state index in [-0.39, 0.29) is 11.6 Å². The Labute approximate surface area is 101 Å². The fourth-order valence-corrected chi connectivity index (χ4v) is 4.33. The van der Waals surface area contributed by atoms with Crippen LogP contribution in [0.3, 0.4) is 0 Å². The van der Waals surface area contributed by atoms with E-state index in [2.05, 4.69) is 0 Å². The van der Waals surface area contributed by atoms with E-state index in [4.69, 9.17) is 0 Å². The summed E-state index contributed by atoms with van der Waals surface area (Å²) in [6.07, 6.45) is 0. The molecule has 0 fully saturated rings. The summed E-state index contributed by atoms with van der Waals surface area (Å²) in [6.45, 7) is 3.87. The zero-order valence-electron chi connectivity index (χ0n) is 9.82. The van der Waals surface area contributed by atoms with Crippen LogP contribution in [-0.4, -0.2) is 13.3 Å². The molecule has 17 heavy (non-hydrogen) atoms. The van der Waals surface area contributed by atoms with Gasteiger partial charge in [0, 0.05) is 0 Å². The van der Waals surface area contributed by atoms with Gasteiger partial charge in [0.15, 0.2) is 11.6 Å². The zero-order chi connectivity index (χ0) is 12.5. The minimum absolute atomic E-state index is 0.255. The molecule has 2 aromatic carbocycles. The number of rotatable bonds is 2. The van der Waals surface area contributed by atoms with Crippen molar-refractivity contribution in [2.24, 2.45) is 0 Å². The van der Waals surface area contributed by atoms with E-state index in [9.17, 15) is 8.78 Å². The SMILES string of the molecule is C[P+](C)(c1ccccc1F)c1ccccc1F. The maximum Gasteiger partial charge on any atom is 0.165 e. The molecule has 0 unspecified atom stereocenters. The van der Waals surface area contributed by atoms with Crippen LogP contribution in [0.25, 0.3) is 0 Å². The van der Waals surface area contributed by atoms with E-state index in [1.807, 2.05) is 13.3 Å². The van der Waals surface area contributed by atoms with E-state index in [0.29, 0.717) is 10.6 Å². The van der Waals surface area contributed by atoms with Gasteiger partial charge in [0.1, 0.15) is 10.6 Å². The highest BCUT2D eigenvalue weighted by molar-refractivity contribution is 7.88. The van der Waals surface area contributed by atoms with E-state index in [1.165, 1.54) is 12.1 Å². The monoisotopic (exact) mass is 251 g/mol. The second-order valence-electron chi connectivity index (χ2n) is 4.36. The van der Waals surface area contributed by atoms with Gasteiger partial charge in [0.2, 0.25) is 0 Å². The normalized spacial score (nSPS) is 11.5. The molecule has 0 aromatic heterocycles. The average molecular weight is 251 g/mol. The zero-order valence-corrected chi connectivity index (χ0v) is 10.7. The lowest BCUT2D eigenvalue weighted by Gasteiger charge is -2.18. The van der Waals surface area contributed by atoms with Crippen LogP contribution >= 0.6 is 7.26 Å². The topological polar surface area (TPSA) is 0 Å². The van der Waals surface area contributed by atoms with Gasteiger partial charge in [-0.3, -0.25) is 0 Å². The molecule has 0 saturated heterocycles. The van der Waals surface area contributed by atoms with Crippen molar-refractivity contribution in [1.82, 2.24) is 0 Å². The molecule has 0 heterocycles. The maximum atomic E-state index is 13.8. The summed E-state index contributed by atoms with van der Waals surface area (Å²) in [4.78, 5) is 0. The van der Waals surface area contributed by atoms with Crippen molar-refractivity contribution in [3.63, 3.8) is 0 Å². The van der Waals surface area contributed by atoms with Gasteiger partial charge >= 0.3 is 0 Å². The first-order valence-electron chi connectivity index (χ1n) is 5.37. The highest BCUT2D eigenvalue weighted by Gasteiger charge is 2.36. The summed E-state index contributed by atoms with van der Waals surface area (Å²) in [5.41, 5.74) is 0.